The minimum Gasteiger partial charge on any atom is -0.508 e. The molecule has 9 heteroatoms. The molecule has 1 aliphatic carbocycles. The van der Waals surface area contributed by atoms with Gasteiger partial charge in [0.15, 0.2) is 0 Å². The summed E-state index contributed by atoms with van der Waals surface area (Å²) in [6.07, 6.45) is 3.59. The van der Waals surface area contributed by atoms with Crippen molar-refractivity contribution in [2.45, 2.75) is 59.1 Å². The van der Waals surface area contributed by atoms with Crippen molar-refractivity contribution in [1.29, 1.82) is 0 Å². The lowest BCUT2D eigenvalue weighted by Gasteiger charge is -2.45. The molecule has 5 N–H and O–H groups in total. The van der Waals surface area contributed by atoms with Crippen LogP contribution in [0.3, 0.4) is 0 Å². The molecule has 222 valence electrons. The fourth-order valence-corrected chi connectivity index (χ4v) is 5.80. The van der Waals surface area contributed by atoms with E-state index in [4.69, 9.17) is 5.73 Å². The number of amides is 2. The van der Waals surface area contributed by atoms with Crippen LogP contribution in [0.25, 0.3) is 0 Å². The highest BCUT2D eigenvalue weighted by molar-refractivity contribution is 5.96. The van der Waals surface area contributed by atoms with E-state index < -0.39 is 35.0 Å². The molecule has 2 amide bonds. The predicted molar refractivity (Wildman–Crippen MR) is 155 cm³/mol. The molecule has 0 saturated carbocycles. The number of rotatable bonds is 14. The first kappa shape index (κ1) is 32.0. The third-order valence-electron chi connectivity index (χ3n) is 7.46. The van der Waals surface area contributed by atoms with Gasteiger partial charge in [-0.25, -0.2) is 8.78 Å². The molecule has 1 aliphatic rings. The molecule has 2 aromatic rings. The van der Waals surface area contributed by atoms with Gasteiger partial charge in [0.2, 0.25) is 11.8 Å². The summed E-state index contributed by atoms with van der Waals surface area (Å²) in [6, 6.07) is 9.85. The number of carbonyl (C=O) groups is 2. The third-order valence-corrected chi connectivity index (χ3v) is 7.46. The highest BCUT2D eigenvalue weighted by Crippen LogP contribution is 2.45. The van der Waals surface area contributed by atoms with Crippen LogP contribution >= 0.6 is 0 Å². The quantitative estimate of drug-likeness (QED) is 0.270. The monoisotopic (exact) mass is 569 g/mol. The fraction of sp³-hybridized carbons (Fsp3) is 0.438. The van der Waals surface area contributed by atoms with Crippen molar-refractivity contribution in [3.8, 4) is 5.75 Å². The number of primary amides is 1. The Morgan fingerprint density at radius 3 is 2.32 bits per heavy atom. The van der Waals surface area contributed by atoms with E-state index in [1.54, 1.807) is 42.2 Å². The molecule has 0 radical (unpaired) electrons. The second kappa shape index (κ2) is 14.4. The van der Waals surface area contributed by atoms with Crippen LogP contribution in [0.15, 0.2) is 65.8 Å². The van der Waals surface area contributed by atoms with Gasteiger partial charge >= 0.3 is 0 Å². The first-order valence-electron chi connectivity index (χ1n) is 14.1. The number of hydrogen-bond donors (Lipinski definition) is 4. The Bertz CT molecular complexity index is 1270. The highest BCUT2D eigenvalue weighted by Gasteiger charge is 2.50. The van der Waals surface area contributed by atoms with Crippen molar-refractivity contribution in [2.24, 2.45) is 17.1 Å². The van der Waals surface area contributed by atoms with E-state index in [2.05, 4.69) is 5.32 Å². The van der Waals surface area contributed by atoms with Gasteiger partial charge in [-0.3, -0.25) is 9.59 Å². The largest absolute Gasteiger partial charge is 0.508 e. The van der Waals surface area contributed by atoms with Gasteiger partial charge in [0.1, 0.15) is 17.4 Å². The average molecular weight is 570 g/mol. The number of phenols is 1. The number of carbonyl (C=O) groups excluding carboxylic acids is 2. The van der Waals surface area contributed by atoms with Crippen LogP contribution in [-0.4, -0.2) is 52.7 Å². The van der Waals surface area contributed by atoms with Gasteiger partial charge < -0.3 is 26.2 Å². The summed E-state index contributed by atoms with van der Waals surface area (Å²) >= 11 is 0. The molecule has 0 heterocycles. The van der Waals surface area contributed by atoms with E-state index in [9.17, 15) is 28.6 Å². The number of halogens is 2. The number of aliphatic hydroxyl groups excluding tert-OH is 1. The van der Waals surface area contributed by atoms with E-state index in [0.29, 0.717) is 38.0 Å². The Morgan fingerprint density at radius 2 is 1.73 bits per heavy atom. The zero-order chi connectivity index (χ0) is 30.2. The minimum absolute atomic E-state index is 0.0305. The molecule has 0 bridgehead atoms. The number of nitrogens with zero attached hydrogens (tertiary/aromatic N) is 1. The second-order valence-corrected chi connectivity index (χ2v) is 10.9. The Hall–Kier alpha value is -3.56. The Morgan fingerprint density at radius 1 is 1.07 bits per heavy atom. The van der Waals surface area contributed by atoms with Crippen molar-refractivity contribution < 1.29 is 28.6 Å². The van der Waals surface area contributed by atoms with Gasteiger partial charge in [-0.2, -0.15) is 0 Å². The van der Waals surface area contributed by atoms with Gasteiger partial charge in [0.05, 0.1) is 11.5 Å². The number of hydrogen-bond acceptors (Lipinski definition) is 5. The maximum absolute atomic E-state index is 14.5. The maximum Gasteiger partial charge on any atom is 0.244 e. The summed E-state index contributed by atoms with van der Waals surface area (Å²) in [6.45, 7) is 7.01. The van der Waals surface area contributed by atoms with Crippen LogP contribution in [0.5, 0.6) is 5.75 Å². The minimum atomic E-state index is -1.40. The van der Waals surface area contributed by atoms with Crippen molar-refractivity contribution in [3.63, 3.8) is 0 Å². The molecule has 0 aliphatic heterocycles. The number of nitrogens with two attached hydrogens (primary N) is 1. The SMILES string of the molecule is CCCN(CCC)C(=O)C1([C@H](Cc2cc(F)cc(F)c2)[C@@H](O)CNCc2cccc(O)c2)C=C(C)C=C(C(N)=O)C1. The molecule has 0 spiro atoms. The standard InChI is InChI=1S/C32H41F2N3O4/c1-4-9-37(10-5-2)31(41)32(17-21(3)11-24(18-32)30(35)40)28(15-23-12-25(33)16-26(34)13-23)29(39)20-36-19-22-7-6-8-27(38)14-22/h6-8,11-14,16-17,28-29,36,38-39H,4-5,9-10,15,18-20H2,1-3H3,(H2,35,40)/t28-,29+,32?/m1/s1. The van der Waals surface area contributed by atoms with Crippen LogP contribution in [0.1, 0.15) is 51.2 Å². The number of allylic oxidation sites excluding steroid dienone is 2. The van der Waals surface area contributed by atoms with Crippen LogP contribution < -0.4 is 11.1 Å². The lowest BCUT2D eigenvalue weighted by atomic mass is 9.63. The van der Waals surface area contributed by atoms with E-state index in [1.165, 1.54) is 12.1 Å². The molecule has 3 atom stereocenters. The van der Waals surface area contributed by atoms with Crippen molar-refractivity contribution in [1.82, 2.24) is 10.2 Å². The lowest BCUT2D eigenvalue weighted by molar-refractivity contribution is -0.145. The van der Waals surface area contributed by atoms with Crippen LogP contribution in [0.4, 0.5) is 8.78 Å². The van der Waals surface area contributed by atoms with Crippen molar-refractivity contribution in [3.05, 3.63) is 88.5 Å². The zero-order valence-corrected chi connectivity index (χ0v) is 24.0. The van der Waals surface area contributed by atoms with E-state index in [-0.39, 0.29) is 42.2 Å². The average Bonchev–Trinajstić information content (AvgIpc) is 2.90. The number of benzene rings is 2. The predicted octanol–water partition coefficient (Wildman–Crippen LogP) is 4.38. The van der Waals surface area contributed by atoms with Gasteiger partial charge in [-0.15, -0.1) is 0 Å². The molecule has 3 rings (SSSR count). The third kappa shape index (κ3) is 8.24. The first-order valence-corrected chi connectivity index (χ1v) is 14.1. The fourth-order valence-electron chi connectivity index (χ4n) is 5.80. The normalized spacial score (nSPS) is 18.3. The maximum atomic E-state index is 14.5. The molecular formula is C32H41F2N3O4. The number of nitrogens with one attached hydrogen (secondary N) is 1. The summed E-state index contributed by atoms with van der Waals surface area (Å²) in [7, 11) is 0. The molecule has 0 fully saturated rings. The van der Waals surface area contributed by atoms with Crippen molar-refractivity contribution >= 4 is 11.8 Å². The molecule has 0 saturated heterocycles. The molecule has 1 unspecified atom stereocenters. The molecule has 41 heavy (non-hydrogen) atoms. The van der Waals surface area contributed by atoms with E-state index >= 15 is 0 Å². The Labute approximate surface area is 240 Å². The van der Waals surface area contributed by atoms with Gasteiger partial charge in [0, 0.05) is 43.7 Å². The molecular weight excluding hydrogens is 528 g/mol. The summed E-state index contributed by atoms with van der Waals surface area (Å²) in [5.41, 5.74) is 6.28. The highest BCUT2D eigenvalue weighted by atomic mass is 19.1. The number of aromatic hydroxyl groups is 1. The Kier molecular flexibility index (Phi) is 11.2. The second-order valence-electron chi connectivity index (χ2n) is 10.9. The number of aliphatic hydroxyl groups is 1. The summed E-state index contributed by atoms with van der Waals surface area (Å²) in [5.74, 6) is -3.21. The Balaban J connectivity index is 2.09. The van der Waals surface area contributed by atoms with Gasteiger partial charge in [0.25, 0.3) is 0 Å². The molecule has 2 aromatic carbocycles. The molecule has 7 nitrogen and oxygen atoms in total. The van der Waals surface area contributed by atoms with Crippen LogP contribution in [0.2, 0.25) is 0 Å². The summed E-state index contributed by atoms with van der Waals surface area (Å²) in [4.78, 5) is 28.7. The molecule has 0 aromatic heterocycles. The zero-order valence-electron chi connectivity index (χ0n) is 24.0. The summed E-state index contributed by atoms with van der Waals surface area (Å²) in [5, 5.41) is 24.7. The smallest absolute Gasteiger partial charge is 0.244 e. The first-order chi connectivity index (χ1) is 19.5. The lowest BCUT2D eigenvalue weighted by Crippen LogP contribution is -2.54. The topological polar surface area (TPSA) is 116 Å². The number of phenolic OH excluding ortho intramolecular Hbond substituents is 1. The van der Waals surface area contributed by atoms with Gasteiger partial charge in [-0.1, -0.05) is 43.7 Å². The van der Waals surface area contributed by atoms with E-state index in [1.807, 2.05) is 19.9 Å². The van der Waals surface area contributed by atoms with Gasteiger partial charge in [-0.05, 0) is 68.0 Å². The van der Waals surface area contributed by atoms with Crippen LogP contribution in [0, 0.1) is 23.0 Å². The van der Waals surface area contributed by atoms with Crippen molar-refractivity contribution in [2.75, 3.05) is 19.6 Å². The summed E-state index contributed by atoms with van der Waals surface area (Å²) < 4.78 is 28.5. The van der Waals surface area contributed by atoms with E-state index in [0.717, 1.165) is 11.6 Å². The van der Waals surface area contributed by atoms with Crippen LogP contribution in [-0.2, 0) is 22.6 Å².